The summed E-state index contributed by atoms with van der Waals surface area (Å²) < 4.78 is 0. The molecule has 0 aromatic carbocycles. The Morgan fingerprint density at radius 3 is 2.63 bits per heavy atom. The molecule has 0 radical (unpaired) electrons. The van der Waals surface area contributed by atoms with Crippen molar-refractivity contribution in [2.75, 3.05) is 6.54 Å². The van der Waals surface area contributed by atoms with E-state index in [0.717, 1.165) is 5.69 Å². The predicted octanol–water partition coefficient (Wildman–Crippen LogP) is 0.968. The topological polar surface area (TPSA) is 86.9 Å². The van der Waals surface area contributed by atoms with Crippen molar-refractivity contribution in [2.45, 2.75) is 40.2 Å². The number of H-pyrrole nitrogens is 1. The van der Waals surface area contributed by atoms with Gasteiger partial charge < -0.3 is 10.6 Å². The van der Waals surface area contributed by atoms with E-state index >= 15 is 0 Å². The minimum atomic E-state index is -0.386. The fourth-order valence-corrected chi connectivity index (χ4v) is 1.38. The molecule has 0 atom stereocenters. The van der Waals surface area contributed by atoms with Gasteiger partial charge in [0.1, 0.15) is 0 Å². The molecule has 0 aliphatic rings. The van der Waals surface area contributed by atoms with Gasteiger partial charge in [-0.15, -0.1) is 0 Å². The van der Waals surface area contributed by atoms with Crippen LogP contribution in [0.15, 0.2) is 12.3 Å². The molecule has 1 aromatic heterocycles. The van der Waals surface area contributed by atoms with Crippen molar-refractivity contribution >= 4 is 11.8 Å². The molecule has 0 aliphatic heterocycles. The number of rotatable bonds is 6. The molecule has 0 aliphatic carbocycles. The van der Waals surface area contributed by atoms with E-state index in [1.807, 2.05) is 26.8 Å². The summed E-state index contributed by atoms with van der Waals surface area (Å²) in [5, 5.41) is 12.2. The number of hydrogen-bond donors (Lipinski definition) is 3. The maximum absolute atomic E-state index is 11.6. The third-order valence-electron chi connectivity index (χ3n) is 2.58. The van der Waals surface area contributed by atoms with Gasteiger partial charge in [0.2, 0.25) is 11.8 Å². The Labute approximate surface area is 113 Å². The zero-order valence-corrected chi connectivity index (χ0v) is 11.7. The van der Waals surface area contributed by atoms with Crippen molar-refractivity contribution in [1.29, 1.82) is 0 Å². The van der Waals surface area contributed by atoms with Gasteiger partial charge in [0, 0.05) is 24.6 Å². The maximum Gasteiger partial charge on any atom is 0.225 e. The van der Waals surface area contributed by atoms with Crippen molar-refractivity contribution in [3.63, 3.8) is 0 Å². The lowest BCUT2D eigenvalue weighted by Crippen LogP contribution is -2.35. The first-order chi connectivity index (χ1) is 8.89. The number of carbonyl (C=O) groups excluding carboxylic acids is 2. The highest BCUT2D eigenvalue weighted by atomic mass is 16.2. The Balaban J connectivity index is 2.09. The molecule has 19 heavy (non-hydrogen) atoms. The van der Waals surface area contributed by atoms with Crippen LogP contribution in [0.2, 0.25) is 0 Å². The molecule has 0 fully saturated rings. The normalized spacial score (nSPS) is 11.1. The molecular formula is C13H22N4O2. The quantitative estimate of drug-likeness (QED) is 0.670. The van der Waals surface area contributed by atoms with Crippen molar-refractivity contribution in [2.24, 2.45) is 5.41 Å². The summed E-state index contributed by atoms with van der Waals surface area (Å²) in [6.45, 7) is 6.55. The van der Waals surface area contributed by atoms with E-state index in [9.17, 15) is 9.59 Å². The van der Waals surface area contributed by atoms with Gasteiger partial charge in [0.05, 0.1) is 12.2 Å². The average molecular weight is 266 g/mol. The van der Waals surface area contributed by atoms with Crippen molar-refractivity contribution in [3.8, 4) is 0 Å². The molecule has 2 amide bonds. The smallest absolute Gasteiger partial charge is 0.225 e. The van der Waals surface area contributed by atoms with Crippen LogP contribution in [0.1, 0.15) is 39.3 Å². The molecule has 1 rings (SSSR count). The lowest BCUT2D eigenvalue weighted by molar-refractivity contribution is -0.128. The van der Waals surface area contributed by atoms with Crippen LogP contribution < -0.4 is 10.6 Å². The molecule has 3 N–H and O–H groups in total. The highest BCUT2D eigenvalue weighted by Crippen LogP contribution is 2.12. The first kappa shape index (κ1) is 15.2. The molecule has 6 heteroatoms. The van der Waals surface area contributed by atoms with Crippen LogP contribution in [0, 0.1) is 5.41 Å². The molecule has 0 spiro atoms. The van der Waals surface area contributed by atoms with Gasteiger partial charge in [-0.3, -0.25) is 14.7 Å². The third kappa shape index (κ3) is 6.03. The second kappa shape index (κ2) is 6.92. The fourth-order valence-electron chi connectivity index (χ4n) is 1.38. The van der Waals surface area contributed by atoms with Crippen LogP contribution in [0.4, 0.5) is 0 Å². The Morgan fingerprint density at radius 1 is 1.32 bits per heavy atom. The number of aromatic amines is 1. The number of carbonyl (C=O) groups is 2. The third-order valence-corrected chi connectivity index (χ3v) is 2.58. The summed E-state index contributed by atoms with van der Waals surface area (Å²) in [6.07, 6.45) is 2.68. The van der Waals surface area contributed by atoms with Crippen LogP contribution in [0.3, 0.4) is 0 Å². The van der Waals surface area contributed by atoms with E-state index in [2.05, 4.69) is 20.8 Å². The Kier molecular flexibility index (Phi) is 5.54. The molecule has 0 bridgehead atoms. The van der Waals surface area contributed by atoms with E-state index in [1.165, 1.54) is 0 Å². The number of nitrogens with one attached hydrogen (secondary N) is 3. The van der Waals surface area contributed by atoms with Crippen LogP contribution in [-0.4, -0.2) is 28.6 Å². The average Bonchev–Trinajstić information content (AvgIpc) is 2.83. The van der Waals surface area contributed by atoms with Crippen LogP contribution in [0.25, 0.3) is 0 Å². The summed E-state index contributed by atoms with van der Waals surface area (Å²) in [5.74, 6) is -0.0232. The first-order valence-corrected chi connectivity index (χ1v) is 6.43. The Bertz CT molecular complexity index is 407. The minimum absolute atomic E-state index is 0.00497. The summed E-state index contributed by atoms with van der Waals surface area (Å²) in [7, 11) is 0. The molecule has 1 heterocycles. The second-order valence-corrected chi connectivity index (χ2v) is 5.47. The first-order valence-electron chi connectivity index (χ1n) is 6.43. The monoisotopic (exact) mass is 266 g/mol. The molecule has 0 saturated carbocycles. The minimum Gasteiger partial charge on any atom is -0.356 e. The van der Waals surface area contributed by atoms with Crippen molar-refractivity contribution in [3.05, 3.63) is 18.0 Å². The number of hydrogen-bond acceptors (Lipinski definition) is 3. The van der Waals surface area contributed by atoms with Crippen molar-refractivity contribution in [1.82, 2.24) is 20.8 Å². The van der Waals surface area contributed by atoms with E-state index in [1.54, 1.807) is 6.20 Å². The van der Waals surface area contributed by atoms with Crippen LogP contribution >= 0.6 is 0 Å². The van der Waals surface area contributed by atoms with E-state index in [4.69, 9.17) is 0 Å². The maximum atomic E-state index is 11.6. The molecule has 6 nitrogen and oxygen atoms in total. The molecule has 1 aromatic rings. The van der Waals surface area contributed by atoms with E-state index in [0.29, 0.717) is 25.9 Å². The SMILES string of the molecule is CC(C)(C)C(=O)NCCCC(=O)NCc1ccn[nH]1. The Morgan fingerprint density at radius 2 is 2.05 bits per heavy atom. The predicted molar refractivity (Wildman–Crippen MR) is 72.1 cm³/mol. The lowest BCUT2D eigenvalue weighted by atomic mass is 9.96. The van der Waals surface area contributed by atoms with Crippen LogP contribution in [-0.2, 0) is 16.1 Å². The van der Waals surface area contributed by atoms with Gasteiger partial charge >= 0.3 is 0 Å². The molecular weight excluding hydrogens is 244 g/mol. The van der Waals surface area contributed by atoms with Crippen LogP contribution in [0.5, 0.6) is 0 Å². The van der Waals surface area contributed by atoms with Gasteiger partial charge in [-0.05, 0) is 12.5 Å². The second-order valence-electron chi connectivity index (χ2n) is 5.47. The van der Waals surface area contributed by atoms with Gasteiger partial charge in [0.15, 0.2) is 0 Å². The highest BCUT2D eigenvalue weighted by Gasteiger charge is 2.20. The lowest BCUT2D eigenvalue weighted by Gasteiger charge is -2.17. The number of amides is 2. The van der Waals surface area contributed by atoms with Gasteiger partial charge in [0.25, 0.3) is 0 Å². The van der Waals surface area contributed by atoms with Gasteiger partial charge in [-0.1, -0.05) is 20.8 Å². The molecule has 0 unspecified atom stereocenters. The number of nitrogens with zero attached hydrogens (tertiary/aromatic N) is 1. The van der Waals surface area contributed by atoms with E-state index in [-0.39, 0.29) is 17.2 Å². The number of aromatic nitrogens is 2. The Hall–Kier alpha value is -1.85. The standard InChI is InChI=1S/C13H22N4O2/c1-13(2,3)12(19)14-7-4-5-11(18)15-9-10-6-8-16-17-10/h6,8H,4-5,7,9H2,1-3H3,(H,14,19)(H,15,18)(H,16,17). The van der Waals surface area contributed by atoms with Crippen molar-refractivity contribution < 1.29 is 9.59 Å². The summed E-state index contributed by atoms with van der Waals surface area (Å²) in [4.78, 5) is 23.1. The van der Waals surface area contributed by atoms with Gasteiger partial charge in [-0.2, -0.15) is 5.10 Å². The van der Waals surface area contributed by atoms with Gasteiger partial charge in [-0.25, -0.2) is 0 Å². The molecule has 106 valence electrons. The summed E-state index contributed by atoms with van der Waals surface area (Å²) in [6, 6.07) is 1.81. The fraction of sp³-hybridized carbons (Fsp3) is 0.615. The van der Waals surface area contributed by atoms with E-state index < -0.39 is 0 Å². The largest absolute Gasteiger partial charge is 0.356 e. The molecule has 0 saturated heterocycles. The highest BCUT2D eigenvalue weighted by molar-refractivity contribution is 5.81. The summed E-state index contributed by atoms with van der Waals surface area (Å²) >= 11 is 0. The zero-order chi connectivity index (χ0) is 14.3. The zero-order valence-electron chi connectivity index (χ0n) is 11.7. The summed E-state index contributed by atoms with van der Waals surface area (Å²) in [5.41, 5.74) is 0.484.